The maximum absolute atomic E-state index is 11.7. The van der Waals surface area contributed by atoms with Crippen LogP contribution >= 0.6 is 0 Å². The second-order valence-corrected chi connectivity index (χ2v) is 11.5. The molecule has 0 amide bonds. The molecule has 4 heteroatoms. The van der Waals surface area contributed by atoms with E-state index in [2.05, 4.69) is 26.0 Å². The van der Waals surface area contributed by atoms with Gasteiger partial charge in [-0.3, -0.25) is 4.79 Å². The Balaban J connectivity index is 1.28. The summed E-state index contributed by atoms with van der Waals surface area (Å²) >= 11 is 0. The number of hydrogen-bond acceptors (Lipinski definition) is 4. The van der Waals surface area contributed by atoms with Crippen LogP contribution in [0.4, 0.5) is 0 Å². The third kappa shape index (κ3) is 2.94. The van der Waals surface area contributed by atoms with Crippen LogP contribution in [0.2, 0.25) is 0 Å². The third-order valence-corrected chi connectivity index (χ3v) is 10.1. The number of ether oxygens (including phenoxy) is 1. The first-order valence-corrected chi connectivity index (χ1v) is 12.6. The maximum Gasteiger partial charge on any atom is 0.302 e. The molecule has 0 spiro atoms. The molecule has 170 valence electrons. The number of esters is 1. The molecular weight excluding hydrogens is 398 g/mol. The van der Waals surface area contributed by atoms with E-state index >= 15 is 0 Å². The van der Waals surface area contributed by atoms with E-state index in [-0.39, 0.29) is 17.5 Å². The van der Waals surface area contributed by atoms with Crippen molar-refractivity contribution in [2.24, 2.45) is 34.5 Å². The zero-order chi connectivity index (χ0) is 22.1. The van der Waals surface area contributed by atoms with Gasteiger partial charge >= 0.3 is 5.97 Å². The van der Waals surface area contributed by atoms with E-state index in [1.165, 1.54) is 43.4 Å². The van der Waals surface area contributed by atoms with Crippen molar-refractivity contribution in [3.8, 4) is 11.5 Å². The smallest absolute Gasteiger partial charge is 0.302 e. The number of aromatic nitrogens is 1. The van der Waals surface area contributed by atoms with Gasteiger partial charge in [-0.1, -0.05) is 19.9 Å². The van der Waals surface area contributed by atoms with E-state index in [9.17, 15) is 4.79 Å². The Kier molecular flexibility index (Phi) is 4.61. The Bertz CT molecular complexity index is 1030. The molecule has 6 rings (SSSR count). The van der Waals surface area contributed by atoms with Crippen LogP contribution in [-0.4, -0.2) is 17.1 Å². The molecule has 0 radical (unpaired) electrons. The van der Waals surface area contributed by atoms with Gasteiger partial charge in [-0.15, -0.1) is 0 Å². The van der Waals surface area contributed by atoms with Gasteiger partial charge in [0, 0.05) is 18.0 Å². The van der Waals surface area contributed by atoms with Gasteiger partial charge in [0.2, 0.25) is 0 Å². The normalized spacial score (nSPS) is 40.0. The van der Waals surface area contributed by atoms with E-state index in [1.807, 2.05) is 12.1 Å². The van der Waals surface area contributed by atoms with Gasteiger partial charge in [0.25, 0.3) is 0 Å². The summed E-state index contributed by atoms with van der Waals surface area (Å²) in [6, 6.07) is 8.38. The van der Waals surface area contributed by atoms with Crippen molar-refractivity contribution in [3.05, 3.63) is 41.8 Å². The van der Waals surface area contributed by atoms with Crippen molar-refractivity contribution in [3.63, 3.8) is 0 Å². The lowest BCUT2D eigenvalue weighted by Crippen LogP contribution is -2.55. The fourth-order valence-corrected chi connectivity index (χ4v) is 8.56. The zero-order valence-corrected chi connectivity index (χ0v) is 19.6. The molecule has 32 heavy (non-hydrogen) atoms. The lowest BCUT2D eigenvalue weighted by molar-refractivity contribution is -0.160. The van der Waals surface area contributed by atoms with E-state index in [1.54, 1.807) is 13.2 Å². The second-order valence-electron chi connectivity index (χ2n) is 11.5. The van der Waals surface area contributed by atoms with Crippen molar-refractivity contribution < 1.29 is 13.9 Å². The van der Waals surface area contributed by atoms with Gasteiger partial charge in [-0.25, -0.2) is 4.98 Å². The number of carbonyl (C=O) groups excluding carboxylic acids is 1. The summed E-state index contributed by atoms with van der Waals surface area (Å²) in [6.07, 6.45) is 11.5. The molecule has 0 aromatic carbocycles. The Morgan fingerprint density at radius 1 is 1.06 bits per heavy atom. The maximum atomic E-state index is 11.7. The minimum atomic E-state index is -0.111. The summed E-state index contributed by atoms with van der Waals surface area (Å²) in [7, 11) is 0. The Morgan fingerprint density at radius 3 is 2.69 bits per heavy atom. The van der Waals surface area contributed by atoms with Crippen molar-refractivity contribution in [2.45, 2.75) is 78.2 Å². The molecule has 3 saturated carbocycles. The van der Waals surface area contributed by atoms with Crippen LogP contribution in [0.15, 0.2) is 34.9 Å². The quantitative estimate of drug-likeness (QED) is 0.527. The molecule has 0 aliphatic heterocycles. The molecule has 2 heterocycles. The Hall–Kier alpha value is -2.10. The van der Waals surface area contributed by atoms with Gasteiger partial charge in [0.15, 0.2) is 5.76 Å². The predicted molar refractivity (Wildman–Crippen MR) is 123 cm³/mol. The minimum Gasteiger partial charge on any atom is -0.463 e. The Morgan fingerprint density at radius 2 is 1.91 bits per heavy atom. The molecule has 7 atom stereocenters. The number of carbonyl (C=O) groups is 1. The van der Waals surface area contributed by atoms with Crippen LogP contribution < -0.4 is 0 Å². The summed E-state index contributed by atoms with van der Waals surface area (Å²) in [5, 5.41) is 0. The summed E-state index contributed by atoms with van der Waals surface area (Å²) in [6.45, 7) is 6.57. The van der Waals surface area contributed by atoms with Crippen LogP contribution in [0.3, 0.4) is 0 Å². The molecule has 3 fully saturated rings. The summed E-state index contributed by atoms with van der Waals surface area (Å²) < 4.78 is 11.4. The molecule has 2 aromatic heterocycles. The molecule has 4 nitrogen and oxygen atoms in total. The first-order chi connectivity index (χ1) is 15.4. The highest BCUT2D eigenvalue weighted by Gasteiger charge is 2.61. The SMILES string of the molecule is CC(=O)O[C@H]1CCC2C3CC[C@H]4Cc5nc(-c6ccco6)ccc5C[C@]4(C)C3CC[C@@]21C. The minimum absolute atomic E-state index is 0.111. The molecule has 0 N–H and O–H groups in total. The predicted octanol–water partition coefficient (Wildman–Crippen LogP) is 6.23. The Labute approximate surface area is 191 Å². The van der Waals surface area contributed by atoms with Crippen LogP contribution in [0.5, 0.6) is 0 Å². The largest absolute Gasteiger partial charge is 0.463 e. The topological polar surface area (TPSA) is 52.3 Å². The molecule has 0 bridgehead atoms. The van der Waals surface area contributed by atoms with Gasteiger partial charge < -0.3 is 9.15 Å². The monoisotopic (exact) mass is 433 g/mol. The van der Waals surface area contributed by atoms with E-state index in [4.69, 9.17) is 14.1 Å². The number of pyridine rings is 1. The van der Waals surface area contributed by atoms with Gasteiger partial charge in [0.05, 0.1) is 6.26 Å². The summed E-state index contributed by atoms with van der Waals surface area (Å²) in [5.74, 6) is 3.70. The fourth-order valence-electron chi connectivity index (χ4n) is 8.56. The van der Waals surface area contributed by atoms with Crippen molar-refractivity contribution in [2.75, 3.05) is 0 Å². The van der Waals surface area contributed by atoms with Crippen molar-refractivity contribution >= 4 is 5.97 Å². The molecule has 0 saturated heterocycles. The zero-order valence-electron chi connectivity index (χ0n) is 19.6. The lowest BCUT2D eigenvalue weighted by Gasteiger charge is -2.60. The van der Waals surface area contributed by atoms with Gasteiger partial charge in [0.1, 0.15) is 11.8 Å². The van der Waals surface area contributed by atoms with E-state index in [0.717, 1.165) is 42.6 Å². The number of nitrogens with zero attached hydrogens (tertiary/aromatic N) is 1. The van der Waals surface area contributed by atoms with Gasteiger partial charge in [-0.05, 0) is 104 Å². The molecular formula is C28H35NO3. The lowest BCUT2D eigenvalue weighted by atomic mass is 9.45. The van der Waals surface area contributed by atoms with Crippen LogP contribution in [-0.2, 0) is 22.4 Å². The average Bonchev–Trinajstić information content (AvgIpc) is 3.40. The highest BCUT2D eigenvalue weighted by Crippen LogP contribution is 2.66. The standard InChI is InChI=1S/C28H35NO3/c1-17(30)32-26-11-9-21-20-8-7-19-15-24-18(6-10-23(29-24)25-5-4-14-31-25)16-28(19,3)22(20)12-13-27(21,26)2/h4-6,10,14,19-22,26H,7-9,11-13,15-16H2,1-3H3/t19-,20?,21?,22?,26-,27-,28-/m0/s1. The molecule has 4 aliphatic carbocycles. The number of hydrogen-bond donors (Lipinski definition) is 0. The molecule has 2 aromatic rings. The van der Waals surface area contributed by atoms with Crippen LogP contribution in [0.25, 0.3) is 11.5 Å². The molecule has 3 unspecified atom stereocenters. The summed E-state index contributed by atoms with van der Waals surface area (Å²) in [4.78, 5) is 16.8. The fraction of sp³-hybridized carbons (Fsp3) is 0.643. The summed E-state index contributed by atoms with van der Waals surface area (Å²) in [5.41, 5.74) is 4.21. The highest BCUT2D eigenvalue weighted by atomic mass is 16.5. The van der Waals surface area contributed by atoms with E-state index < -0.39 is 0 Å². The van der Waals surface area contributed by atoms with Crippen LogP contribution in [0.1, 0.15) is 70.6 Å². The van der Waals surface area contributed by atoms with E-state index in [0.29, 0.717) is 17.3 Å². The first-order valence-electron chi connectivity index (χ1n) is 12.6. The van der Waals surface area contributed by atoms with Crippen molar-refractivity contribution in [1.29, 1.82) is 0 Å². The average molecular weight is 434 g/mol. The molecule has 4 aliphatic rings. The first kappa shape index (κ1) is 20.5. The van der Waals surface area contributed by atoms with Crippen LogP contribution in [0, 0.1) is 34.5 Å². The number of rotatable bonds is 2. The number of fused-ring (bicyclic) bond motifs is 6. The van der Waals surface area contributed by atoms with Crippen molar-refractivity contribution in [1.82, 2.24) is 4.98 Å². The third-order valence-electron chi connectivity index (χ3n) is 10.1. The highest BCUT2D eigenvalue weighted by molar-refractivity contribution is 5.66. The van der Waals surface area contributed by atoms with Gasteiger partial charge in [-0.2, -0.15) is 0 Å². The second kappa shape index (κ2) is 7.20. The number of furan rings is 1.